The maximum atomic E-state index is 3.59. The average molecular weight is 217 g/mol. The van der Waals surface area contributed by atoms with Crippen LogP contribution in [0.4, 0.5) is 5.69 Å². The van der Waals surface area contributed by atoms with E-state index in [-0.39, 0.29) is 0 Å². The minimum Gasteiger partial charge on any atom is -0.382 e. The van der Waals surface area contributed by atoms with Crippen molar-refractivity contribution in [3.8, 4) is 0 Å². The van der Waals surface area contributed by atoms with Gasteiger partial charge < -0.3 is 5.32 Å². The lowest BCUT2D eigenvalue weighted by molar-refractivity contribution is 0.383. The van der Waals surface area contributed by atoms with Crippen LogP contribution in [0.5, 0.6) is 0 Å². The molecule has 1 aliphatic heterocycles. The molecule has 1 aromatic rings. The van der Waals surface area contributed by atoms with Crippen LogP contribution in [0.25, 0.3) is 0 Å². The molecule has 0 saturated carbocycles. The number of hydrogen-bond donors (Lipinski definition) is 1. The van der Waals surface area contributed by atoms with Crippen LogP contribution >= 0.6 is 0 Å². The van der Waals surface area contributed by atoms with E-state index in [1.807, 2.05) is 0 Å². The van der Waals surface area contributed by atoms with Crippen LogP contribution in [0, 0.1) is 5.92 Å². The number of fused-ring (bicyclic) bond motifs is 1. The highest BCUT2D eigenvalue weighted by atomic mass is 14.9. The van der Waals surface area contributed by atoms with Crippen LogP contribution in [-0.4, -0.2) is 6.04 Å². The largest absolute Gasteiger partial charge is 0.382 e. The average Bonchev–Trinajstić information content (AvgIpc) is 2.28. The van der Waals surface area contributed by atoms with Gasteiger partial charge in [-0.15, -0.1) is 0 Å². The second-order valence-electron chi connectivity index (χ2n) is 5.24. The van der Waals surface area contributed by atoms with Gasteiger partial charge in [0.15, 0.2) is 0 Å². The molecule has 1 N–H and O–H groups in total. The van der Waals surface area contributed by atoms with Gasteiger partial charge in [0, 0.05) is 11.7 Å². The second-order valence-corrected chi connectivity index (χ2v) is 5.24. The van der Waals surface area contributed by atoms with E-state index in [0.29, 0.717) is 6.04 Å². The summed E-state index contributed by atoms with van der Waals surface area (Å²) in [4.78, 5) is 0. The number of anilines is 1. The number of para-hydroxylation sites is 1. The number of rotatable bonds is 3. The molecule has 0 fully saturated rings. The van der Waals surface area contributed by atoms with E-state index < -0.39 is 0 Å². The van der Waals surface area contributed by atoms with Gasteiger partial charge >= 0.3 is 0 Å². The molecular formula is C15H23N. The molecule has 3 unspecified atom stereocenters. The molecule has 0 saturated heterocycles. The third-order valence-electron chi connectivity index (χ3n) is 3.80. The molecule has 0 aliphatic carbocycles. The topological polar surface area (TPSA) is 12.0 Å². The first-order valence-corrected chi connectivity index (χ1v) is 6.57. The zero-order chi connectivity index (χ0) is 11.5. The summed E-state index contributed by atoms with van der Waals surface area (Å²) >= 11 is 0. The zero-order valence-electron chi connectivity index (χ0n) is 10.7. The molecule has 3 atom stereocenters. The monoisotopic (exact) mass is 217 g/mol. The summed E-state index contributed by atoms with van der Waals surface area (Å²) in [7, 11) is 0. The van der Waals surface area contributed by atoms with Gasteiger partial charge in [-0.2, -0.15) is 0 Å². The molecule has 0 spiro atoms. The van der Waals surface area contributed by atoms with Crippen LogP contribution in [0.3, 0.4) is 0 Å². The van der Waals surface area contributed by atoms with Crippen molar-refractivity contribution in [1.82, 2.24) is 0 Å². The quantitative estimate of drug-likeness (QED) is 0.790. The minimum atomic E-state index is 0.610. The van der Waals surface area contributed by atoms with E-state index in [4.69, 9.17) is 0 Å². The Morgan fingerprint density at radius 2 is 2.12 bits per heavy atom. The maximum Gasteiger partial charge on any atom is 0.0377 e. The lowest BCUT2D eigenvalue weighted by Gasteiger charge is -2.35. The summed E-state index contributed by atoms with van der Waals surface area (Å²) in [6.45, 7) is 6.98. The van der Waals surface area contributed by atoms with Crippen molar-refractivity contribution in [1.29, 1.82) is 0 Å². The molecule has 88 valence electrons. The highest BCUT2D eigenvalue weighted by Gasteiger charge is 2.27. The summed E-state index contributed by atoms with van der Waals surface area (Å²) < 4.78 is 0. The Balaban J connectivity index is 2.26. The van der Waals surface area contributed by atoms with Crippen molar-refractivity contribution in [2.45, 2.75) is 52.0 Å². The molecule has 0 aromatic heterocycles. The first-order chi connectivity index (χ1) is 7.72. The fraction of sp³-hybridized carbons (Fsp3) is 0.600. The molecule has 2 rings (SSSR count). The first-order valence-electron chi connectivity index (χ1n) is 6.57. The van der Waals surface area contributed by atoms with Crippen LogP contribution in [-0.2, 0) is 0 Å². The number of benzene rings is 1. The van der Waals surface area contributed by atoms with E-state index in [1.54, 1.807) is 0 Å². The van der Waals surface area contributed by atoms with Gasteiger partial charge in [-0.05, 0) is 36.8 Å². The van der Waals surface area contributed by atoms with Gasteiger partial charge in [0.1, 0.15) is 0 Å². The molecule has 1 heteroatoms. The predicted octanol–water partition coefficient (Wildman–Crippen LogP) is 4.41. The molecule has 1 aromatic carbocycles. The van der Waals surface area contributed by atoms with Crippen LogP contribution in [0.15, 0.2) is 24.3 Å². The van der Waals surface area contributed by atoms with Gasteiger partial charge in [0.2, 0.25) is 0 Å². The Bertz CT molecular complexity index is 345. The minimum absolute atomic E-state index is 0.610. The van der Waals surface area contributed by atoms with Gasteiger partial charge in [-0.25, -0.2) is 0 Å². The third-order valence-corrected chi connectivity index (χ3v) is 3.80. The Morgan fingerprint density at radius 1 is 1.38 bits per heavy atom. The fourth-order valence-electron chi connectivity index (χ4n) is 2.98. The summed E-state index contributed by atoms with van der Waals surface area (Å²) in [6, 6.07) is 9.43. The van der Waals surface area contributed by atoms with Crippen molar-refractivity contribution >= 4 is 5.69 Å². The summed E-state index contributed by atoms with van der Waals surface area (Å²) in [5.74, 6) is 1.54. The molecule has 1 heterocycles. The summed E-state index contributed by atoms with van der Waals surface area (Å²) in [6.07, 6.45) is 3.91. The van der Waals surface area contributed by atoms with E-state index >= 15 is 0 Å². The highest BCUT2D eigenvalue weighted by Crippen LogP contribution is 2.40. The SMILES string of the molecule is CCCC(C)C1CC(C)Nc2ccccc21. The maximum absolute atomic E-state index is 3.59. The molecule has 1 aliphatic rings. The Hall–Kier alpha value is -0.980. The predicted molar refractivity (Wildman–Crippen MR) is 71.0 cm³/mol. The number of nitrogens with one attached hydrogen (secondary N) is 1. The van der Waals surface area contributed by atoms with Crippen molar-refractivity contribution < 1.29 is 0 Å². The van der Waals surface area contributed by atoms with E-state index in [9.17, 15) is 0 Å². The molecule has 0 radical (unpaired) electrons. The Labute approximate surface area is 99.3 Å². The van der Waals surface area contributed by atoms with Crippen molar-refractivity contribution in [3.63, 3.8) is 0 Å². The fourth-order valence-corrected chi connectivity index (χ4v) is 2.98. The third kappa shape index (κ3) is 2.23. The van der Waals surface area contributed by atoms with Crippen molar-refractivity contribution in [2.24, 2.45) is 5.92 Å². The first kappa shape index (κ1) is 11.5. The molecular weight excluding hydrogens is 194 g/mol. The van der Waals surface area contributed by atoms with Crippen molar-refractivity contribution in [3.05, 3.63) is 29.8 Å². The van der Waals surface area contributed by atoms with Crippen LogP contribution in [0.2, 0.25) is 0 Å². The molecule has 1 nitrogen and oxygen atoms in total. The van der Waals surface area contributed by atoms with Gasteiger partial charge in [0.05, 0.1) is 0 Å². The Morgan fingerprint density at radius 3 is 2.88 bits per heavy atom. The normalized spacial score (nSPS) is 25.7. The van der Waals surface area contributed by atoms with Gasteiger partial charge in [-0.1, -0.05) is 44.9 Å². The summed E-state index contributed by atoms with van der Waals surface area (Å²) in [5, 5.41) is 3.59. The van der Waals surface area contributed by atoms with Crippen LogP contribution < -0.4 is 5.32 Å². The standard InChI is InChI=1S/C15H23N/c1-4-7-11(2)14-10-12(3)16-15-9-6-5-8-13(14)15/h5-6,8-9,11-12,14,16H,4,7,10H2,1-3H3. The molecule has 0 amide bonds. The van der Waals surface area contributed by atoms with E-state index in [1.165, 1.54) is 30.5 Å². The summed E-state index contributed by atoms with van der Waals surface area (Å²) in [5.41, 5.74) is 2.88. The highest BCUT2D eigenvalue weighted by molar-refractivity contribution is 5.55. The smallest absolute Gasteiger partial charge is 0.0377 e. The lowest BCUT2D eigenvalue weighted by Crippen LogP contribution is -2.28. The number of hydrogen-bond acceptors (Lipinski definition) is 1. The van der Waals surface area contributed by atoms with E-state index in [0.717, 1.165) is 11.8 Å². The van der Waals surface area contributed by atoms with E-state index in [2.05, 4.69) is 50.4 Å². The van der Waals surface area contributed by atoms with Crippen LogP contribution in [0.1, 0.15) is 51.5 Å². The lowest BCUT2D eigenvalue weighted by atomic mass is 9.78. The zero-order valence-corrected chi connectivity index (χ0v) is 10.7. The molecule has 16 heavy (non-hydrogen) atoms. The van der Waals surface area contributed by atoms with Crippen molar-refractivity contribution in [2.75, 3.05) is 5.32 Å². The molecule has 0 bridgehead atoms. The Kier molecular flexibility index (Phi) is 3.52. The van der Waals surface area contributed by atoms with Gasteiger partial charge in [-0.3, -0.25) is 0 Å². The van der Waals surface area contributed by atoms with Gasteiger partial charge in [0.25, 0.3) is 0 Å². The second kappa shape index (κ2) is 4.90.